The average molecular weight is 457 g/mol. The van der Waals surface area contributed by atoms with E-state index in [4.69, 9.17) is 21.3 Å². The predicted octanol–water partition coefficient (Wildman–Crippen LogP) is 3.91. The Bertz CT molecular complexity index is 1080. The number of benzene rings is 2. The molecule has 0 atom stereocenters. The van der Waals surface area contributed by atoms with Crippen LogP contribution in [0.5, 0.6) is 5.75 Å². The molecular weight excluding hydrogens is 432 g/mol. The number of anilines is 1. The van der Waals surface area contributed by atoms with Gasteiger partial charge >= 0.3 is 0 Å². The molecule has 0 bridgehead atoms. The first kappa shape index (κ1) is 21.6. The number of nitrogens with one attached hydrogen (secondary N) is 1. The van der Waals surface area contributed by atoms with Crippen LogP contribution in [-0.2, 0) is 4.79 Å². The maximum atomic E-state index is 12.1. The summed E-state index contributed by atoms with van der Waals surface area (Å²) in [5.74, 6) is 0.708. The highest BCUT2D eigenvalue weighted by atomic mass is 35.5. The van der Waals surface area contributed by atoms with Crippen molar-refractivity contribution >= 4 is 50.3 Å². The summed E-state index contributed by atoms with van der Waals surface area (Å²) in [7, 11) is 1.68. The van der Waals surface area contributed by atoms with E-state index >= 15 is 0 Å². The monoisotopic (exact) mass is 456 g/mol. The molecule has 0 unspecified atom stereocenters. The molecule has 1 saturated heterocycles. The highest BCUT2D eigenvalue weighted by Crippen LogP contribution is 2.34. The SMILES string of the molecule is COc1cccc2sc(N3CCN(CCNC(=O)/C=C/c4ccccc4Cl)CC3)nc12. The summed E-state index contributed by atoms with van der Waals surface area (Å²) in [6, 6.07) is 13.5. The molecule has 2 heterocycles. The maximum Gasteiger partial charge on any atom is 0.244 e. The van der Waals surface area contributed by atoms with Gasteiger partial charge in [-0.15, -0.1) is 0 Å². The molecule has 2 aromatic carbocycles. The third-order valence-corrected chi connectivity index (χ3v) is 6.71. The van der Waals surface area contributed by atoms with E-state index in [1.54, 1.807) is 24.5 Å². The van der Waals surface area contributed by atoms with Gasteiger partial charge in [0.15, 0.2) is 5.13 Å². The minimum Gasteiger partial charge on any atom is -0.494 e. The number of nitrogens with zero attached hydrogens (tertiary/aromatic N) is 3. The number of ether oxygens (including phenoxy) is 1. The van der Waals surface area contributed by atoms with Crippen molar-refractivity contribution in [2.24, 2.45) is 0 Å². The van der Waals surface area contributed by atoms with E-state index in [1.165, 1.54) is 6.08 Å². The number of halogens is 1. The van der Waals surface area contributed by atoms with Crippen molar-refractivity contribution in [3.63, 3.8) is 0 Å². The van der Waals surface area contributed by atoms with Crippen LogP contribution >= 0.6 is 22.9 Å². The Hall–Kier alpha value is -2.61. The summed E-state index contributed by atoms with van der Waals surface area (Å²) in [5, 5.41) is 4.62. The first-order chi connectivity index (χ1) is 15.1. The lowest BCUT2D eigenvalue weighted by Crippen LogP contribution is -2.48. The zero-order valence-corrected chi connectivity index (χ0v) is 19.0. The van der Waals surface area contributed by atoms with Crippen molar-refractivity contribution in [3.8, 4) is 5.75 Å². The molecule has 31 heavy (non-hydrogen) atoms. The smallest absolute Gasteiger partial charge is 0.244 e. The van der Waals surface area contributed by atoms with Crippen LogP contribution in [0.15, 0.2) is 48.5 Å². The highest BCUT2D eigenvalue weighted by Gasteiger charge is 2.20. The zero-order valence-electron chi connectivity index (χ0n) is 17.4. The molecule has 1 aliphatic heterocycles. The fourth-order valence-electron chi connectivity index (χ4n) is 3.55. The Labute approximate surface area is 191 Å². The molecule has 1 aromatic heterocycles. The number of hydrogen-bond donors (Lipinski definition) is 1. The van der Waals surface area contributed by atoms with Gasteiger partial charge in [0.05, 0.1) is 11.8 Å². The number of methoxy groups -OCH3 is 1. The number of aromatic nitrogens is 1. The molecule has 0 spiro atoms. The third-order valence-electron chi connectivity index (χ3n) is 5.28. The van der Waals surface area contributed by atoms with Crippen LogP contribution in [0, 0.1) is 0 Å². The van der Waals surface area contributed by atoms with Crippen molar-refractivity contribution in [2.45, 2.75) is 0 Å². The molecule has 1 aliphatic rings. The van der Waals surface area contributed by atoms with E-state index < -0.39 is 0 Å². The van der Waals surface area contributed by atoms with E-state index in [2.05, 4.69) is 21.2 Å². The molecule has 4 rings (SSSR count). The Morgan fingerprint density at radius 2 is 2.00 bits per heavy atom. The van der Waals surface area contributed by atoms with Crippen LogP contribution in [0.1, 0.15) is 5.56 Å². The molecular formula is C23H25ClN4O2S. The largest absolute Gasteiger partial charge is 0.494 e. The number of para-hydroxylation sites is 1. The van der Waals surface area contributed by atoms with E-state index in [0.29, 0.717) is 11.6 Å². The van der Waals surface area contributed by atoms with Gasteiger partial charge in [0.2, 0.25) is 5.91 Å². The summed E-state index contributed by atoms with van der Waals surface area (Å²) in [6.45, 7) is 5.17. The lowest BCUT2D eigenvalue weighted by Gasteiger charge is -2.34. The number of carbonyl (C=O) groups is 1. The van der Waals surface area contributed by atoms with Crippen molar-refractivity contribution in [1.29, 1.82) is 0 Å². The molecule has 0 radical (unpaired) electrons. The van der Waals surface area contributed by atoms with Gasteiger partial charge in [-0.2, -0.15) is 0 Å². The van der Waals surface area contributed by atoms with Crippen molar-refractivity contribution in [3.05, 3.63) is 59.1 Å². The van der Waals surface area contributed by atoms with Gasteiger partial charge in [-0.3, -0.25) is 9.69 Å². The summed E-state index contributed by atoms with van der Waals surface area (Å²) < 4.78 is 6.57. The normalized spacial score (nSPS) is 15.0. The number of carbonyl (C=O) groups excluding carboxylic acids is 1. The van der Waals surface area contributed by atoms with Crippen LogP contribution in [0.2, 0.25) is 5.02 Å². The average Bonchev–Trinajstić information content (AvgIpc) is 3.23. The Morgan fingerprint density at radius 1 is 1.19 bits per heavy atom. The number of fused-ring (bicyclic) bond motifs is 1. The fourth-order valence-corrected chi connectivity index (χ4v) is 4.78. The molecule has 1 amide bonds. The molecule has 1 fully saturated rings. The third kappa shape index (κ3) is 5.36. The molecule has 0 aliphatic carbocycles. The highest BCUT2D eigenvalue weighted by molar-refractivity contribution is 7.22. The van der Waals surface area contributed by atoms with Crippen LogP contribution in [0.25, 0.3) is 16.3 Å². The number of amides is 1. The van der Waals surface area contributed by atoms with Gasteiger partial charge in [-0.1, -0.05) is 47.2 Å². The van der Waals surface area contributed by atoms with Crippen LogP contribution in [0.3, 0.4) is 0 Å². The van der Waals surface area contributed by atoms with E-state index in [-0.39, 0.29) is 5.91 Å². The van der Waals surface area contributed by atoms with Gasteiger partial charge in [0, 0.05) is 50.4 Å². The molecule has 3 aromatic rings. The van der Waals surface area contributed by atoms with E-state index in [0.717, 1.165) is 59.4 Å². The predicted molar refractivity (Wildman–Crippen MR) is 128 cm³/mol. The standard InChI is InChI=1S/C23H25ClN4O2S/c1-30-19-7-4-8-20-22(19)26-23(31-20)28-15-13-27(14-16-28)12-11-25-21(29)10-9-17-5-2-3-6-18(17)24/h2-10H,11-16H2,1H3,(H,25,29)/b10-9+. The van der Waals surface area contributed by atoms with Gasteiger partial charge < -0.3 is 15.0 Å². The topological polar surface area (TPSA) is 57.7 Å². The minimum absolute atomic E-state index is 0.109. The number of rotatable bonds is 7. The molecule has 1 N–H and O–H groups in total. The van der Waals surface area contributed by atoms with Crippen molar-refractivity contribution in [2.75, 3.05) is 51.3 Å². The lowest BCUT2D eigenvalue weighted by molar-refractivity contribution is -0.116. The summed E-state index contributed by atoms with van der Waals surface area (Å²) in [5.41, 5.74) is 1.77. The number of piperazine rings is 1. The zero-order chi connectivity index (χ0) is 21.6. The number of thiazole rings is 1. The van der Waals surface area contributed by atoms with Gasteiger partial charge in [-0.25, -0.2) is 4.98 Å². The lowest BCUT2D eigenvalue weighted by atomic mass is 10.2. The second kappa shape index (κ2) is 10.1. The number of hydrogen-bond acceptors (Lipinski definition) is 6. The second-order valence-corrected chi connectivity index (χ2v) is 8.69. The van der Waals surface area contributed by atoms with Crippen molar-refractivity contribution in [1.82, 2.24) is 15.2 Å². The van der Waals surface area contributed by atoms with Crippen LogP contribution in [0.4, 0.5) is 5.13 Å². The summed E-state index contributed by atoms with van der Waals surface area (Å²) in [4.78, 5) is 21.5. The minimum atomic E-state index is -0.109. The maximum absolute atomic E-state index is 12.1. The second-order valence-electron chi connectivity index (χ2n) is 7.28. The first-order valence-electron chi connectivity index (χ1n) is 10.3. The van der Waals surface area contributed by atoms with E-state index in [1.807, 2.05) is 36.4 Å². The Morgan fingerprint density at radius 3 is 2.77 bits per heavy atom. The van der Waals surface area contributed by atoms with E-state index in [9.17, 15) is 4.79 Å². The van der Waals surface area contributed by atoms with Gasteiger partial charge in [0.25, 0.3) is 0 Å². The van der Waals surface area contributed by atoms with Crippen LogP contribution in [-0.4, -0.2) is 62.2 Å². The molecule has 8 heteroatoms. The van der Waals surface area contributed by atoms with Gasteiger partial charge in [-0.05, 0) is 29.8 Å². The van der Waals surface area contributed by atoms with Gasteiger partial charge in [0.1, 0.15) is 11.3 Å². The summed E-state index contributed by atoms with van der Waals surface area (Å²) >= 11 is 7.81. The Kier molecular flexibility index (Phi) is 7.06. The first-order valence-corrected chi connectivity index (χ1v) is 11.4. The molecule has 162 valence electrons. The van der Waals surface area contributed by atoms with Crippen molar-refractivity contribution < 1.29 is 9.53 Å². The quantitative estimate of drug-likeness (QED) is 0.546. The van der Waals surface area contributed by atoms with Crippen LogP contribution < -0.4 is 15.0 Å². The fraction of sp³-hybridized carbons (Fsp3) is 0.304. The Balaban J connectivity index is 1.23. The molecule has 0 saturated carbocycles. The molecule has 6 nitrogen and oxygen atoms in total. The summed E-state index contributed by atoms with van der Waals surface area (Å²) in [6.07, 6.45) is 3.27.